The molecule has 1 N–H and O–H groups in total. The van der Waals surface area contributed by atoms with Crippen LogP contribution >= 0.6 is 0 Å². The molecule has 0 aliphatic heterocycles. The number of carbonyl (C=O) groups is 2. The molecule has 7 atom stereocenters. The van der Waals surface area contributed by atoms with E-state index in [1.54, 1.807) is 0 Å². The van der Waals surface area contributed by atoms with Crippen LogP contribution < -0.4 is 0 Å². The lowest BCUT2D eigenvalue weighted by molar-refractivity contribution is -0.151. The van der Waals surface area contributed by atoms with E-state index in [1.807, 2.05) is 0 Å². The molecule has 0 heterocycles. The summed E-state index contributed by atoms with van der Waals surface area (Å²) in [6.45, 7) is 9.60. The minimum Gasteiger partial charge on any atom is -0.462 e. The molecule has 0 spiro atoms. The molecule has 0 bridgehead atoms. The standard InChI is InChI=1S/C23H36O4/c1-14(11-20(26)13-17(4)24)6-9-21-16(3)7-8-19-10-15(2)12-22(23(19)21)27-18(5)25/h7-8,10,14-16,20-23,26H,6,9,11-13H2,1-5H3. The third-order valence-corrected chi connectivity index (χ3v) is 6.10. The number of rotatable bonds is 8. The Morgan fingerprint density at radius 2 is 2.00 bits per heavy atom. The number of hydrogen-bond donors (Lipinski definition) is 1. The second-order valence-corrected chi connectivity index (χ2v) is 8.91. The van der Waals surface area contributed by atoms with Crippen LogP contribution in [-0.2, 0) is 14.3 Å². The molecule has 2 aliphatic rings. The molecule has 0 aromatic heterocycles. The second kappa shape index (κ2) is 9.68. The number of Topliss-reactive ketones (excluding diaryl/α,β-unsaturated/α-hetero) is 1. The van der Waals surface area contributed by atoms with Crippen LogP contribution in [0.15, 0.2) is 23.8 Å². The van der Waals surface area contributed by atoms with Crippen molar-refractivity contribution in [1.82, 2.24) is 0 Å². The van der Waals surface area contributed by atoms with Crippen LogP contribution in [0.1, 0.15) is 66.7 Å². The van der Waals surface area contributed by atoms with E-state index in [9.17, 15) is 14.7 Å². The first kappa shape index (κ1) is 21.9. The van der Waals surface area contributed by atoms with Gasteiger partial charge in [0.05, 0.1) is 6.10 Å². The molecule has 0 aromatic rings. The van der Waals surface area contributed by atoms with Gasteiger partial charge in [-0.05, 0) is 55.4 Å². The fourth-order valence-electron chi connectivity index (χ4n) is 4.91. The van der Waals surface area contributed by atoms with Crippen LogP contribution in [-0.4, -0.2) is 29.1 Å². The lowest BCUT2D eigenvalue weighted by atomic mass is 9.65. The van der Waals surface area contributed by atoms with E-state index in [2.05, 4.69) is 39.0 Å². The van der Waals surface area contributed by atoms with Crippen molar-refractivity contribution in [3.05, 3.63) is 23.8 Å². The molecule has 0 radical (unpaired) electrons. The molecular formula is C23H36O4. The van der Waals surface area contributed by atoms with Gasteiger partial charge in [0.2, 0.25) is 0 Å². The summed E-state index contributed by atoms with van der Waals surface area (Å²) >= 11 is 0. The molecule has 0 aromatic carbocycles. The fourth-order valence-corrected chi connectivity index (χ4v) is 4.91. The zero-order valence-corrected chi connectivity index (χ0v) is 17.5. The van der Waals surface area contributed by atoms with E-state index in [-0.39, 0.29) is 30.2 Å². The third kappa shape index (κ3) is 6.31. The summed E-state index contributed by atoms with van der Waals surface area (Å²) in [7, 11) is 0. The van der Waals surface area contributed by atoms with Gasteiger partial charge >= 0.3 is 5.97 Å². The average Bonchev–Trinajstić information content (AvgIpc) is 2.52. The van der Waals surface area contributed by atoms with Crippen molar-refractivity contribution in [2.24, 2.45) is 29.6 Å². The van der Waals surface area contributed by atoms with Gasteiger partial charge in [-0.25, -0.2) is 0 Å². The van der Waals surface area contributed by atoms with Crippen molar-refractivity contribution in [3.63, 3.8) is 0 Å². The van der Waals surface area contributed by atoms with E-state index in [1.165, 1.54) is 19.4 Å². The number of carbonyl (C=O) groups excluding carboxylic acids is 2. The smallest absolute Gasteiger partial charge is 0.302 e. The number of aliphatic hydroxyl groups excluding tert-OH is 1. The number of aliphatic hydroxyl groups is 1. The Kier molecular flexibility index (Phi) is 7.84. The van der Waals surface area contributed by atoms with Gasteiger partial charge in [0, 0.05) is 19.3 Å². The average molecular weight is 377 g/mol. The minimum atomic E-state index is -0.541. The second-order valence-electron chi connectivity index (χ2n) is 8.91. The quantitative estimate of drug-likeness (QED) is 0.635. The Morgan fingerprint density at radius 1 is 1.30 bits per heavy atom. The summed E-state index contributed by atoms with van der Waals surface area (Å²) in [4.78, 5) is 22.8. The van der Waals surface area contributed by atoms with Gasteiger partial charge in [0.15, 0.2) is 0 Å². The van der Waals surface area contributed by atoms with Gasteiger partial charge in [0.1, 0.15) is 11.9 Å². The highest BCUT2D eigenvalue weighted by molar-refractivity contribution is 5.75. The topological polar surface area (TPSA) is 63.6 Å². The number of hydrogen-bond acceptors (Lipinski definition) is 4. The van der Waals surface area contributed by atoms with E-state index >= 15 is 0 Å². The summed E-state index contributed by atoms with van der Waals surface area (Å²) in [5.41, 5.74) is 1.31. The molecule has 2 aliphatic carbocycles. The Labute approximate surface area is 164 Å². The summed E-state index contributed by atoms with van der Waals surface area (Å²) < 4.78 is 5.73. The van der Waals surface area contributed by atoms with Crippen LogP contribution in [0.3, 0.4) is 0 Å². The number of esters is 1. The molecule has 27 heavy (non-hydrogen) atoms. The first-order valence-corrected chi connectivity index (χ1v) is 10.4. The van der Waals surface area contributed by atoms with Gasteiger partial charge in [-0.3, -0.25) is 9.59 Å². The lowest BCUT2D eigenvalue weighted by Crippen LogP contribution is -2.40. The van der Waals surface area contributed by atoms with E-state index in [0.29, 0.717) is 30.1 Å². The van der Waals surface area contributed by atoms with Crippen molar-refractivity contribution >= 4 is 11.8 Å². The Bertz CT molecular complexity index is 591. The van der Waals surface area contributed by atoms with Crippen molar-refractivity contribution < 1.29 is 19.4 Å². The largest absolute Gasteiger partial charge is 0.462 e. The maximum Gasteiger partial charge on any atom is 0.302 e. The van der Waals surface area contributed by atoms with E-state index < -0.39 is 6.10 Å². The predicted molar refractivity (Wildman–Crippen MR) is 107 cm³/mol. The highest BCUT2D eigenvalue weighted by atomic mass is 16.5. The molecule has 7 unspecified atom stereocenters. The molecule has 0 fully saturated rings. The van der Waals surface area contributed by atoms with Crippen molar-refractivity contribution in [2.45, 2.75) is 78.9 Å². The minimum absolute atomic E-state index is 0.0380. The first-order valence-electron chi connectivity index (χ1n) is 10.4. The summed E-state index contributed by atoms with van der Waals surface area (Å²) in [5.74, 6) is 1.75. The Morgan fingerprint density at radius 3 is 2.63 bits per heavy atom. The SMILES string of the molecule is CC(=O)CC(O)CC(C)CCC1C(C)C=CC2=CC(C)CC(OC(C)=O)C21. The van der Waals surface area contributed by atoms with E-state index in [4.69, 9.17) is 4.74 Å². The Balaban J connectivity index is 2.05. The van der Waals surface area contributed by atoms with Crippen molar-refractivity contribution in [3.8, 4) is 0 Å². The maximum atomic E-state index is 11.6. The number of ether oxygens (including phenoxy) is 1. The fraction of sp³-hybridized carbons (Fsp3) is 0.739. The summed E-state index contributed by atoms with van der Waals surface area (Å²) in [5, 5.41) is 10.0. The molecule has 0 saturated carbocycles. The van der Waals surface area contributed by atoms with Gasteiger partial charge in [-0.15, -0.1) is 0 Å². The van der Waals surface area contributed by atoms with Crippen LogP contribution in [0.5, 0.6) is 0 Å². The lowest BCUT2D eigenvalue weighted by Gasteiger charge is -2.43. The predicted octanol–water partition coefficient (Wildman–Crippen LogP) is 4.47. The number of allylic oxidation sites excluding steroid dienone is 3. The molecule has 4 nitrogen and oxygen atoms in total. The molecular weight excluding hydrogens is 340 g/mol. The zero-order valence-electron chi connectivity index (χ0n) is 17.5. The number of ketones is 1. The maximum absolute atomic E-state index is 11.6. The van der Waals surface area contributed by atoms with Crippen LogP contribution in [0.2, 0.25) is 0 Å². The van der Waals surface area contributed by atoms with Gasteiger partial charge in [-0.1, -0.05) is 45.4 Å². The monoisotopic (exact) mass is 376 g/mol. The molecule has 152 valence electrons. The molecule has 0 amide bonds. The Hall–Kier alpha value is -1.42. The van der Waals surface area contributed by atoms with Gasteiger partial charge in [0.25, 0.3) is 0 Å². The third-order valence-electron chi connectivity index (χ3n) is 6.10. The van der Waals surface area contributed by atoms with Crippen molar-refractivity contribution in [2.75, 3.05) is 0 Å². The highest BCUT2D eigenvalue weighted by Crippen LogP contribution is 2.45. The van der Waals surface area contributed by atoms with Crippen LogP contribution in [0.25, 0.3) is 0 Å². The number of fused-ring (bicyclic) bond motifs is 1. The van der Waals surface area contributed by atoms with Crippen molar-refractivity contribution in [1.29, 1.82) is 0 Å². The molecule has 2 rings (SSSR count). The van der Waals surface area contributed by atoms with E-state index in [0.717, 1.165) is 19.3 Å². The zero-order chi connectivity index (χ0) is 20.1. The van der Waals surface area contributed by atoms with Crippen LogP contribution in [0, 0.1) is 29.6 Å². The molecule has 4 heteroatoms. The van der Waals surface area contributed by atoms with Gasteiger partial charge < -0.3 is 9.84 Å². The normalized spacial score (nSPS) is 32.2. The highest BCUT2D eigenvalue weighted by Gasteiger charge is 2.40. The summed E-state index contributed by atoms with van der Waals surface area (Å²) in [6, 6.07) is 0. The molecule has 0 saturated heterocycles. The summed E-state index contributed by atoms with van der Waals surface area (Å²) in [6.07, 6.45) is 10.1. The van der Waals surface area contributed by atoms with Crippen LogP contribution in [0.4, 0.5) is 0 Å². The first-order chi connectivity index (χ1) is 12.7. The van der Waals surface area contributed by atoms with Gasteiger partial charge in [-0.2, -0.15) is 0 Å².